The Morgan fingerprint density at radius 1 is 1.18 bits per heavy atom. The molecule has 0 amide bonds. The van der Waals surface area contributed by atoms with E-state index in [1.807, 2.05) is 31.2 Å². The lowest BCUT2D eigenvalue weighted by Crippen LogP contribution is -2.25. The van der Waals surface area contributed by atoms with E-state index >= 15 is 0 Å². The topological polar surface area (TPSA) is 60.9 Å². The molecule has 1 aromatic carbocycles. The van der Waals surface area contributed by atoms with Crippen molar-refractivity contribution in [1.29, 1.82) is 0 Å². The molecule has 0 atom stereocenters. The second kappa shape index (κ2) is 4.93. The van der Waals surface area contributed by atoms with Gasteiger partial charge in [-0.2, -0.15) is 5.10 Å². The lowest BCUT2D eigenvalue weighted by molar-refractivity contribution is 0.590. The van der Waals surface area contributed by atoms with Crippen LogP contribution in [0.5, 0.6) is 0 Å². The van der Waals surface area contributed by atoms with Gasteiger partial charge in [0.2, 0.25) is 0 Å². The maximum absolute atomic E-state index is 11.5. The highest BCUT2D eigenvalue weighted by atomic mass is 16.1. The predicted molar refractivity (Wildman–Crippen MR) is 67.7 cm³/mol. The van der Waals surface area contributed by atoms with Crippen molar-refractivity contribution in [2.24, 2.45) is 5.73 Å². The van der Waals surface area contributed by atoms with Crippen LogP contribution in [0.2, 0.25) is 0 Å². The first kappa shape index (κ1) is 11.5. The summed E-state index contributed by atoms with van der Waals surface area (Å²) in [5.74, 6) is 0. The average molecular weight is 229 g/mol. The van der Waals surface area contributed by atoms with Crippen LogP contribution in [0, 0.1) is 6.92 Å². The molecular formula is C13H15N3O. The van der Waals surface area contributed by atoms with Crippen LogP contribution in [-0.2, 0) is 6.54 Å². The number of nitrogens with two attached hydrogens (primary N) is 1. The van der Waals surface area contributed by atoms with E-state index in [1.165, 1.54) is 16.3 Å². The van der Waals surface area contributed by atoms with Crippen molar-refractivity contribution < 1.29 is 0 Å². The Morgan fingerprint density at radius 3 is 2.53 bits per heavy atom. The quantitative estimate of drug-likeness (QED) is 0.859. The highest BCUT2D eigenvalue weighted by Crippen LogP contribution is 2.15. The minimum Gasteiger partial charge on any atom is -0.329 e. The first-order valence-electron chi connectivity index (χ1n) is 5.56. The maximum atomic E-state index is 11.5. The van der Waals surface area contributed by atoms with Crippen LogP contribution in [-0.4, -0.2) is 16.3 Å². The van der Waals surface area contributed by atoms with Crippen LogP contribution in [0.15, 0.2) is 41.2 Å². The number of nitrogens with zero attached hydrogens (tertiary/aromatic N) is 2. The summed E-state index contributed by atoms with van der Waals surface area (Å²) in [4.78, 5) is 11.5. The molecule has 0 aliphatic carbocycles. The summed E-state index contributed by atoms with van der Waals surface area (Å²) < 4.78 is 1.40. The lowest BCUT2D eigenvalue weighted by atomic mass is 10.1. The van der Waals surface area contributed by atoms with Gasteiger partial charge in [-0.15, -0.1) is 0 Å². The number of benzene rings is 1. The van der Waals surface area contributed by atoms with Gasteiger partial charge in [0.15, 0.2) is 0 Å². The summed E-state index contributed by atoms with van der Waals surface area (Å²) in [6.07, 6.45) is 0. The molecule has 2 aromatic rings. The van der Waals surface area contributed by atoms with E-state index in [4.69, 9.17) is 5.73 Å². The van der Waals surface area contributed by atoms with Gasteiger partial charge in [-0.1, -0.05) is 29.8 Å². The van der Waals surface area contributed by atoms with Crippen LogP contribution >= 0.6 is 0 Å². The third-order valence-corrected chi connectivity index (χ3v) is 2.55. The summed E-state index contributed by atoms with van der Waals surface area (Å²) in [5, 5.41) is 4.29. The first-order valence-corrected chi connectivity index (χ1v) is 5.56. The van der Waals surface area contributed by atoms with E-state index < -0.39 is 0 Å². The normalized spacial score (nSPS) is 10.5. The third-order valence-electron chi connectivity index (χ3n) is 2.55. The van der Waals surface area contributed by atoms with Crippen LogP contribution in [0.3, 0.4) is 0 Å². The van der Waals surface area contributed by atoms with Gasteiger partial charge in [0.1, 0.15) is 0 Å². The summed E-state index contributed by atoms with van der Waals surface area (Å²) in [7, 11) is 0. The highest BCUT2D eigenvalue weighted by molar-refractivity contribution is 5.58. The smallest absolute Gasteiger partial charge is 0.266 e. The molecular weight excluding hydrogens is 214 g/mol. The Balaban J connectivity index is 2.42. The molecule has 17 heavy (non-hydrogen) atoms. The van der Waals surface area contributed by atoms with E-state index in [0.717, 1.165) is 11.3 Å². The van der Waals surface area contributed by atoms with Gasteiger partial charge in [-0.25, -0.2) is 4.68 Å². The SMILES string of the molecule is Cc1ccc(-c2ccc(=O)n(CCN)n2)cc1. The molecule has 0 saturated heterocycles. The van der Waals surface area contributed by atoms with E-state index in [1.54, 1.807) is 6.07 Å². The number of rotatable bonds is 3. The van der Waals surface area contributed by atoms with E-state index in [0.29, 0.717) is 13.1 Å². The monoisotopic (exact) mass is 229 g/mol. The van der Waals surface area contributed by atoms with Crippen LogP contribution in [0.1, 0.15) is 5.56 Å². The Labute approximate surface area is 99.7 Å². The van der Waals surface area contributed by atoms with Crippen molar-refractivity contribution in [2.75, 3.05) is 6.54 Å². The van der Waals surface area contributed by atoms with Crippen molar-refractivity contribution >= 4 is 0 Å². The summed E-state index contributed by atoms with van der Waals surface area (Å²) in [5.41, 5.74) is 8.31. The van der Waals surface area contributed by atoms with Gasteiger partial charge in [-0.05, 0) is 13.0 Å². The zero-order valence-electron chi connectivity index (χ0n) is 9.76. The standard InChI is InChI=1S/C13H15N3O/c1-10-2-4-11(5-3-10)12-6-7-13(17)16(15-12)9-8-14/h2-7H,8-9,14H2,1H3. The molecule has 2 N–H and O–H groups in total. The number of hydrogen-bond acceptors (Lipinski definition) is 3. The zero-order chi connectivity index (χ0) is 12.3. The Morgan fingerprint density at radius 2 is 1.88 bits per heavy atom. The molecule has 4 heteroatoms. The Kier molecular flexibility index (Phi) is 3.35. The minimum absolute atomic E-state index is 0.119. The molecule has 0 bridgehead atoms. The van der Waals surface area contributed by atoms with E-state index in [-0.39, 0.29) is 5.56 Å². The molecule has 0 fully saturated rings. The molecule has 0 radical (unpaired) electrons. The molecule has 2 rings (SSSR count). The van der Waals surface area contributed by atoms with Crippen molar-refractivity contribution in [3.63, 3.8) is 0 Å². The molecule has 0 unspecified atom stereocenters. The fourth-order valence-corrected chi connectivity index (χ4v) is 1.61. The van der Waals surface area contributed by atoms with Crippen LogP contribution < -0.4 is 11.3 Å². The fourth-order valence-electron chi connectivity index (χ4n) is 1.61. The Bertz CT molecular complexity index is 558. The van der Waals surface area contributed by atoms with Gasteiger partial charge in [0.25, 0.3) is 5.56 Å². The minimum atomic E-state index is -0.119. The average Bonchev–Trinajstić information content (AvgIpc) is 2.33. The van der Waals surface area contributed by atoms with Gasteiger partial charge in [-0.3, -0.25) is 4.79 Å². The number of hydrogen-bond donors (Lipinski definition) is 1. The second-order valence-corrected chi connectivity index (χ2v) is 3.93. The first-order chi connectivity index (χ1) is 8.20. The Hall–Kier alpha value is -1.94. The van der Waals surface area contributed by atoms with Crippen LogP contribution in [0.4, 0.5) is 0 Å². The van der Waals surface area contributed by atoms with Crippen molar-refractivity contribution in [1.82, 2.24) is 9.78 Å². The predicted octanol–water partition coefficient (Wildman–Crippen LogP) is 1.18. The molecule has 1 aromatic heterocycles. The maximum Gasteiger partial charge on any atom is 0.266 e. The fraction of sp³-hybridized carbons (Fsp3) is 0.231. The number of aryl methyl sites for hydroxylation is 1. The highest BCUT2D eigenvalue weighted by Gasteiger charge is 2.02. The van der Waals surface area contributed by atoms with Gasteiger partial charge >= 0.3 is 0 Å². The summed E-state index contributed by atoms with van der Waals surface area (Å²) in [6, 6.07) is 11.3. The third kappa shape index (κ3) is 2.60. The number of aromatic nitrogens is 2. The van der Waals surface area contributed by atoms with Crippen molar-refractivity contribution in [2.45, 2.75) is 13.5 Å². The zero-order valence-corrected chi connectivity index (χ0v) is 9.76. The molecule has 88 valence electrons. The van der Waals surface area contributed by atoms with Gasteiger partial charge in [0.05, 0.1) is 12.2 Å². The van der Waals surface area contributed by atoms with E-state index in [2.05, 4.69) is 5.10 Å². The molecule has 0 aliphatic heterocycles. The molecule has 1 heterocycles. The summed E-state index contributed by atoms with van der Waals surface area (Å²) >= 11 is 0. The molecule has 0 spiro atoms. The summed E-state index contributed by atoms with van der Waals surface area (Å²) in [6.45, 7) is 2.88. The van der Waals surface area contributed by atoms with Crippen LogP contribution in [0.25, 0.3) is 11.3 Å². The van der Waals surface area contributed by atoms with Crippen molar-refractivity contribution in [3.8, 4) is 11.3 Å². The van der Waals surface area contributed by atoms with Crippen molar-refractivity contribution in [3.05, 3.63) is 52.3 Å². The van der Waals surface area contributed by atoms with Gasteiger partial charge < -0.3 is 5.73 Å². The largest absolute Gasteiger partial charge is 0.329 e. The molecule has 0 aliphatic rings. The second-order valence-electron chi connectivity index (χ2n) is 3.93. The molecule has 0 saturated carbocycles. The lowest BCUT2D eigenvalue weighted by Gasteiger charge is -2.05. The van der Waals surface area contributed by atoms with E-state index in [9.17, 15) is 4.79 Å². The molecule has 4 nitrogen and oxygen atoms in total. The van der Waals surface area contributed by atoms with Gasteiger partial charge in [0, 0.05) is 18.2 Å².